The average Bonchev–Trinajstić information content (AvgIpc) is 2.78. The van der Waals surface area contributed by atoms with Gasteiger partial charge in [0.05, 0.1) is 0 Å². The van der Waals surface area contributed by atoms with Crippen LogP contribution >= 0.6 is 35.7 Å². The molecule has 1 rings (SSSR count). The van der Waals surface area contributed by atoms with Crippen LogP contribution in [0.4, 0.5) is 0 Å². The van der Waals surface area contributed by atoms with Crippen molar-refractivity contribution in [2.24, 2.45) is 4.99 Å². The highest BCUT2D eigenvalue weighted by atomic mass is 127. The number of hydrogen-bond donors (Lipinski definition) is 2. The lowest BCUT2D eigenvalue weighted by atomic mass is 10.2. The van der Waals surface area contributed by atoms with E-state index in [2.05, 4.69) is 26.8 Å². The highest BCUT2D eigenvalue weighted by molar-refractivity contribution is 14.0. The SMILES string of the molecule is CN=C(NCCCCSC)NCCCN1CCCCCC1.I. The Morgan fingerprint density at radius 1 is 1.00 bits per heavy atom. The van der Waals surface area contributed by atoms with Crippen molar-refractivity contribution >= 4 is 41.7 Å². The molecule has 0 amide bonds. The minimum atomic E-state index is 0. The third-order valence-electron chi connectivity index (χ3n) is 3.93. The summed E-state index contributed by atoms with van der Waals surface area (Å²) >= 11 is 1.92. The monoisotopic (exact) mass is 442 g/mol. The Hall–Kier alpha value is 0.310. The summed E-state index contributed by atoms with van der Waals surface area (Å²) in [7, 11) is 1.85. The van der Waals surface area contributed by atoms with E-state index in [0.717, 1.165) is 19.0 Å². The summed E-state index contributed by atoms with van der Waals surface area (Å²) in [5.74, 6) is 2.21. The van der Waals surface area contributed by atoms with Crippen molar-refractivity contribution in [3.8, 4) is 0 Å². The van der Waals surface area contributed by atoms with Gasteiger partial charge in [-0.05, 0) is 63.7 Å². The van der Waals surface area contributed by atoms with E-state index in [4.69, 9.17) is 0 Å². The topological polar surface area (TPSA) is 39.7 Å². The van der Waals surface area contributed by atoms with Crippen molar-refractivity contribution in [1.82, 2.24) is 15.5 Å². The molecule has 22 heavy (non-hydrogen) atoms. The first-order chi connectivity index (χ1) is 10.4. The van der Waals surface area contributed by atoms with Gasteiger partial charge in [-0.1, -0.05) is 12.8 Å². The maximum absolute atomic E-state index is 4.28. The number of nitrogens with one attached hydrogen (secondary N) is 2. The minimum Gasteiger partial charge on any atom is -0.356 e. The quantitative estimate of drug-likeness (QED) is 0.249. The summed E-state index contributed by atoms with van der Waals surface area (Å²) in [5.41, 5.74) is 0. The van der Waals surface area contributed by atoms with Crippen molar-refractivity contribution in [2.45, 2.75) is 44.9 Å². The van der Waals surface area contributed by atoms with Crippen LogP contribution < -0.4 is 10.6 Å². The molecule has 0 unspecified atom stereocenters. The zero-order valence-electron chi connectivity index (χ0n) is 14.4. The average molecular weight is 442 g/mol. The Balaban J connectivity index is 0.00000441. The molecule has 1 aliphatic heterocycles. The standard InChI is InChI=1S/C16H34N4S.HI/c1-17-16(18-10-5-8-15-21-2)19-11-9-14-20-12-6-3-4-7-13-20;/h3-15H2,1-2H3,(H2,17,18,19);1H. The second-order valence-corrected chi connectivity index (χ2v) is 6.72. The summed E-state index contributed by atoms with van der Waals surface area (Å²) in [5, 5.41) is 6.82. The van der Waals surface area contributed by atoms with E-state index in [1.807, 2.05) is 18.8 Å². The van der Waals surface area contributed by atoms with E-state index in [1.165, 1.54) is 70.3 Å². The van der Waals surface area contributed by atoms with Gasteiger partial charge in [0.15, 0.2) is 5.96 Å². The fourth-order valence-corrected chi connectivity index (χ4v) is 3.16. The van der Waals surface area contributed by atoms with Gasteiger partial charge in [0.25, 0.3) is 0 Å². The normalized spacial score (nSPS) is 16.7. The molecule has 0 spiro atoms. The molecule has 1 heterocycles. The molecule has 4 nitrogen and oxygen atoms in total. The predicted octanol–water partition coefficient (Wildman–Crippen LogP) is 3.18. The highest BCUT2D eigenvalue weighted by Crippen LogP contribution is 2.09. The van der Waals surface area contributed by atoms with Crippen molar-refractivity contribution in [2.75, 3.05) is 51.8 Å². The van der Waals surface area contributed by atoms with Gasteiger partial charge in [-0.15, -0.1) is 24.0 Å². The van der Waals surface area contributed by atoms with Crippen LogP contribution in [0.3, 0.4) is 0 Å². The van der Waals surface area contributed by atoms with Gasteiger partial charge in [0, 0.05) is 20.1 Å². The Bertz CT molecular complexity index is 269. The maximum atomic E-state index is 4.28. The van der Waals surface area contributed by atoms with E-state index in [9.17, 15) is 0 Å². The fraction of sp³-hybridized carbons (Fsp3) is 0.938. The Morgan fingerprint density at radius 2 is 1.64 bits per heavy atom. The number of guanidine groups is 1. The van der Waals surface area contributed by atoms with Crippen molar-refractivity contribution in [1.29, 1.82) is 0 Å². The van der Waals surface area contributed by atoms with Crippen molar-refractivity contribution in [3.63, 3.8) is 0 Å². The number of aliphatic imine (C=N–C) groups is 1. The van der Waals surface area contributed by atoms with Crippen LogP contribution in [0.5, 0.6) is 0 Å². The molecule has 0 atom stereocenters. The van der Waals surface area contributed by atoms with Crippen LogP contribution in [0.1, 0.15) is 44.9 Å². The lowest BCUT2D eigenvalue weighted by Crippen LogP contribution is -2.39. The first kappa shape index (κ1) is 22.3. The fourth-order valence-electron chi connectivity index (χ4n) is 2.67. The summed E-state index contributed by atoms with van der Waals surface area (Å²) in [4.78, 5) is 6.90. The number of hydrogen-bond acceptors (Lipinski definition) is 3. The molecule has 0 saturated carbocycles. The predicted molar refractivity (Wildman–Crippen MR) is 112 cm³/mol. The van der Waals surface area contributed by atoms with E-state index < -0.39 is 0 Å². The zero-order valence-corrected chi connectivity index (χ0v) is 17.6. The van der Waals surface area contributed by atoms with Crippen molar-refractivity contribution < 1.29 is 0 Å². The molecule has 2 N–H and O–H groups in total. The van der Waals surface area contributed by atoms with E-state index >= 15 is 0 Å². The molecule has 0 aromatic rings. The molecule has 0 aromatic carbocycles. The number of nitrogens with zero attached hydrogens (tertiary/aromatic N) is 2. The molecule has 1 fully saturated rings. The van der Waals surface area contributed by atoms with Gasteiger partial charge < -0.3 is 15.5 Å². The maximum Gasteiger partial charge on any atom is 0.190 e. The van der Waals surface area contributed by atoms with Crippen LogP contribution in [0.15, 0.2) is 4.99 Å². The van der Waals surface area contributed by atoms with Crippen LogP contribution in [0, 0.1) is 0 Å². The lowest BCUT2D eigenvalue weighted by Gasteiger charge is -2.20. The lowest BCUT2D eigenvalue weighted by molar-refractivity contribution is 0.282. The Kier molecular flexibility index (Phi) is 16.4. The number of thioether (sulfide) groups is 1. The second kappa shape index (κ2) is 16.2. The summed E-state index contributed by atoms with van der Waals surface area (Å²) in [6.45, 7) is 5.84. The summed E-state index contributed by atoms with van der Waals surface area (Å²) in [6, 6.07) is 0. The Labute approximate surface area is 158 Å². The first-order valence-corrected chi connectivity index (χ1v) is 9.92. The molecule has 1 aliphatic rings. The third-order valence-corrected chi connectivity index (χ3v) is 4.63. The molecule has 0 aliphatic carbocycles. The van der Waals surface area contributed by atoms with Gasteiger partial charge in [-0.3, -0.25) is 4.99 Å². The molecule has 0 aromatic heterocycles. The second-order valence-electron chi connectivity index (χ2n) is 5.74. The van der Waals surface area contributed by atoms with Gasteiger partial charge in [0.2, 0.25) is 0 Å². The van der Waals surface area contributed by atoms with E-state index in [1.54, 1.807) is 0 Å². The van der Waals surface area contributed by atoms with Gasteiger partial charge in [-0.2, -0.15) is 11.8 Å². The molecule has 0 radical (unpaired) electrons. The molecular weight excluding hydrogens is 407 g/mol. The van der Waals surface area contributed by atoms with Crippen LogP contribution in [-0.2, 0) is 0 Å². The molecule has 1 saturated heterocycles. The van der Waals surface area contributed by atoms with Crippen LogP contribution in [-0.4, -0.2) is 62.6 Å². The highest BCUT2D eigenvalue weighted by Gasteiger charge is 2.08. The Morgan fingerprint density at radius 3 is 2.23 bits per heavy atom. The zero-order chi connectivity index (χ0) is 15.2. The molecular formula is C16H35IN4S. The largest absolute Gasteiger partial charge is 0.356 e. The number of unbranched alkanes of at least 4 members (excludes halogenated alkanes) is 1. The smallest absolute Gasteiger partial charge is 0.190 e. The first-order valence-electron chi connectivity index (χ1n) is 8.52. The van der Waals surface area contributed by atoms with Gasteiger partial charge >= 0.3 is 0 Å². The molecule has 0 bridgehead atoms. The minimum absolute atomic E-state index is 0. The van der Waals surface area contributed by atoms with E-state index in [-0.39, 0.29) is 24.0 Å². The number of rotatable bonds is 9. The van der Waals surface area contributed by atoms with Gasteiger partial charge in [-0.25, -0.2) is 0 Å². The van der Waals surface area contributed by atoms with E-state index in [0.29, 0.717) is 0 Å². The number of halogens is 1. The van der Waals surface area contributed by atoms with Gasteiger partial charge in [0.1, 0.15) is 0 Å². The molecule has 132 valence electrons. The molecule has 6 heteroatoms. The summed E-state index contributed by atoms with van der Waals surface area (Å²) in [6.07, 6.45) is 11.5. The van der Waals surface area contributed by atoms with Crippen LogP contribution in [0.2, 0.25) is 0 Å². The van der Waals surface area contributed by atoms with Crippen molar-refractivity contribution in [3.05, 3.63) is 0 Å². The third kappa shape index (κ3) is 11.8. The summed E-state index contributed by atoms with van der Waals surface area (Å²) < 4.78 is 0. The van der Waals surface area contributed by atoms with Crippen LogP contribution in [0.25, 0.3) is 0 Å². The number of likely N-dealkylation sites (tertiary alicyclic amines) is 1.